The summed E-state index contributed by atoms with van der Waals surface area (Å²) in [7, 11) is 0. The van der Waals surface area contributed by atoms with E-state index in [-0.39, 0.29) is 18.5 Å². The molecule has 0 saturated heterocycles. The average Bonchev–Trinajstić information content (AvgIpc) is 3.48. The standard InChI is InChI=1S/C76H143NO5/c1-3-5-7-9-11-13-15-17-44-48-52-56-60-64-68-74(79)73(72-78)77-75(80)69-65-61-57-53-49-45-42-40-38-36-34-32-30-28-26-24-22-20-19-21-23-25-27-29-31-33-35-37-39-41-43-47-51-55-59-63-67-71-82-76(81)70-66-62-58-54-50-46-18-16-14-12-10-8-6-4-2/h16,18-19,21,25,27,64,68,73-74,78-79H,3-15,17,20,22-24,26,28-63,65-67,69-72H2,1-2H3,(H,77,80)/b18-16-,21-19-,27-25-,68-64+. The lowest BCUT2D eigenvalue weighted by molar-refractivity contribution is -0.143. The zero-order valence-corrected chi connectivity index (χ0v) is 55.2. The molecule has 0 aliphatic heterocycles. The van der Waals surface area contributed by atoms with Crippen LogP contribution in [0.15, 0.2) is 48.6 Å². The number of rotatable bonds is 69. The number of unbranched alkanes of at least 4 members (excludes halogenated alkanes) is 52. The number of nitrogens with one attached hydrogen (secondary N) is 1. The zero-order valence-electron chi connectivity index (χ0n) is 55.2. The second-order valence-corrected chi connectivity index (χ2v) is 25.3. The maximum atomic E-state index is 12.5. The molecule has 0 aromatic heterocycles. The van der Waals surface area contributed by atoms with Crippen LogP contribution in [0, 0.1) is 0 Å². The Morgan fingerprint density at radius 3 is 0.939 bits per heavy atom. The molecule has 0 heterocycles. The lowest BCUT2D eigenvalue weighted by atomic mass is 10.0. The second kappa shape index (κ2) is 71.3. The predicted octanol–water partition coefficient (Wildman–Crippen LogP) is 24.0. The first-order valence-corrected chi connectivity index (χ1v) is 36.9. The minimum atomic E-state index is -0.842. The van der Waals surface area contributed by atoms with Crippen LogP contribution in [0.1, 0.15) is 399 Å². The van der Waals surface area contributed by atoms with Crippen molar-refractivity contribution in [3.63, 3.8) is 0 Å². The average molecular weight is 1150 g/mol. The van der Waals surface area contributed by atoms with Gasteiger partial charge in [-0.2, -0.15) is 0 Å². The van der Waals surface area contributed by atoms with Crippen molar-refractivity contribution in [2.24, 2.45) is 0 Å². The predicted molar refractivity (Wildman–Crippen MR) is 361 cm³/mol. The van der Waals surface area contributed by atoms with Gasteiger partial charge >= 0.3 is 5.97 Å². The Labute approximate surface area is 512 Å². The molecule has 0 radical (unpaired) electrons. The quantitative estimate of drug-likeness (QED) is 0.0320. The largest absolute Gasteiger partial charge is 0.466 e. The smallest absolute Gasteiger partial charge is 0.305 e. The summed E-state index contributed by atoms with van der Waals surface area (Å²) in [5, 5.41) is 23.1. The summed E-state index contributed by atoms with van der Waals surface area (Å²) in [6.45, 7) is 4.91. The third kappa shape index (κ3) is 67.0. The van der Waals surface area contributed by atoms with Crippen molar-refractivity contribution < 1.29 is 24.5 Å². The molecule has 3 N–H and O–H groups in total. The Balaban J connectivity index is 3.37. The van der Waals surface area contributed by atoms with E-state index in [0.29, 0.717) is 19.4 Å². The van der Waals surface area contributed by atoms with Gasteiger partial charge in [-0.3, -0.25) is 9.59 Å². The van der Waals surface area contributed by atoms with Gasteiger partial charge in [0.1, 0.15) is 0 Å². The number of carbonyl (C=O) groups excluding carboxylic acids is 2. The molecule has 2 atom stereocenters. The number of hydrogen-bond acceptors (Lipinski definition) is 5. The van der Waals surface area contributed by atoms with Gasteiger partial charge in [-0.1, -0.05) is 345 Å². The molecule has 82 heavy (non-hydrogen) atoms. The summed E-state index contributed by atoms with van der Waals surface area (Å²) in [5.74, 6) is -0.0535. The van der Waals surface area contributed by atoms with Crippen LogP contribution in [0.25, 0.3) is 0 Å². The van der Waals surface area contributed by atoms with E-state index in [1.54, 1.807) is 6.08 Å². The molecule has 0 bridgehead atoms. The molecule has 0 aromatic carbocycles. The van der Waals surface area contributed by atoms with Gasteiger partial charge in [-0.05, 0) is 89.9 Å². The minimum Gasteiger partial charge on any atom is -0.466 e. The molecule has 0 spiro atoms. The first-order valence-electron chi connectivity index (χ1n) is 36.9. The maximum Gasteiger partial charge on any atom is 0.305 e. The van der Waals surface area contributed by atoms with E-state index in [0.717, 1.165) is 51.4 Å². The Bertz CT molecular complexity index is 1370. The van der Waals surface area contributed by atoms with E-state index < -0.39 is 12.1 Å². The summed E-state index contributed by atoms with van der Waals surface area (Å²) in [4.78, 5) is 24.5. The molecule has 482 valence electrons. The van der Waals surface area contributed by atoms with Crippen LogP contribution in [-0.4, -0.2) is 47.4 Å². The van der Waals surface area contributed by atoms with Crippen LogP contribution in [0.3, 0.4) is 0 Å². The normalized spacial score (nSPS) is 12.8. The van der Waals surface area contributed by atoms with Crippen molar-refractivity contribution in [1.29, 1.82) is 0 Å². The third-order valence-corrected chi connectivity index (χ3v) is 17.1. The summed E-state index contributed by atoms with van der Waals surface area (Å²) in [6, 6.07) is -0.626. The highest BCUT2D eigenvalue weighted by atomic mass is 16.5. The van der Waals surface area contributed by atoms with Gasteiger partial charge in [0.05, 0.1) is 25.4 Å². The molecule has 6 heteroatoms. The monoisotopic (exact) mass is 1150 g/mol. The molecule has 6 nitrogen and oxygen atoms in total. The van der Waals surface area contributed by atoms with Gasteiger partial charge in [0.15, 0.2) is 0 Å². The first-order chi connectivity index (χ1) is 40.5. The molecule has 0 aliphatic carbocycles. The fourth-order valence-electron chi connectivity index (χ4n) is 11.4. The zero-order chi connectivity index (χ0) is 59.2. The molecule has 2 unspecified atom stereocenters. The van der Waals surface area contributed by atoms with Gasteiger partial charge in [0, 0.05) is 12.8 Å². The van der Waals surface area contributed by atoms with Crippen LogP contribution >= 0.6 is 0 Å². The molecule has 0 rings (SSSR count). The summed E-state index contributed by atoms with van der Waals surface area (Å²) >= 11 is 0. The lowest BCUT2D eigenvalue weighted by Crippen LogP contribution is -2.45. The second-order valence-electron chi connectivity index (χ2n) is 25.3. The fourth-order valence-corrected chi connectivity index (χ4v) is 11.4. The van der Waals surface area contributed by atoms with Crippen LogP contribution in [0.2, 0.25) is 0 Å². The summed E-state index contributed by atoms with van der Waals surface area (Å²) in [5.41, 5.74) is 0. The van der Waals surface area contributed by atoms with Crippen molar-refractivity contribution in [2.45, 2.75) is 411 Å². The number of carbonyl (C=O) groups is 2. The molecular weight excluding hydrogens is 1010 g/mol. The number of esters is 1. The first kappa shape index (κ1) is 79.8. The fraction of sp³-hybridized carbons (Fsp3) is 0.868. The SMILES string of the molecule is CCCCCCC/C=C\CCCCCCCC(=O)OCCCCCCCCCCCCCCC/C=C\C/C=C\CCCCCCCCCCCCCCCCCCCC(=O)NC(CO)C(O)/C=C/CCCCCCCCCCCCCC. The van der Waals surface area contributed by atoms with Gasteiger partial charge in [-0.25, -0.2) is 0 Å². The Morgan fingerprint density at radius 2 is 0.610 bits per heavy atom. The van der Waals surface area contributed by atoms with Crippen LogP contribution < -0.4 is 5.32 Å². The topological polar surface area (TPSA) is 95.9 Å². The van der Waals surface area contributed by atoms with Crippen molar-refractivity contribution in [2.75, 3.05) is 13.2 Å². The van der Waals surface area contributed by atoms with Gasteiger partial charge in [-0.15, -0.1) is 0 Å². The molecule has 0 fully saturated rings. The number of ether oxygens (including phenoxy) is 1. The summed E-state index contributed by atoms with van der Waals surface area (Å²) < 4.78 is 5.49. The minimum absolute atomic E-state index is 0.0101. The lowest BCUT2D eigenvalue weighted by Gasteiger charge is -2.20. The number of hydrogen-bond donors (Lipinski definition) is 3. The number of aliphatic hydroxyl groups is 2. The molecule has 0 saturated carbocycles. The highest BCUT2D eigenvalue weighted by Crippen LogP contribution is 2.18. The van der Waals surface area contributed by atoms with Crippen molar-refractivity contribution in [3.05, 3.63) is 48.6 Å². The molecule has 0 aromatic rings. The van der Waals surface area contributed by atoms with Crippen LogP contribution in [0.4, 0.5) is 0 Å². The van der Waals surface area contributed by atoms with Crippen molar-refractivity contribution in [3.8, 4) is 0 Å². The highest BCUT2D eigenvalue weighted by molar-refractivity contribution is 5.76. The number of aliphatic hydroxyl groups excluding tert-OH is 2. The third-order valence-electron chi connectivity index (χ3n) is 17.1. The maximum absolute atomic E-state index is 12.5. The Hall–Kier alpha value is -2.18. The van der Waals surface area contributed by atoms with E-state index >= 15 is 0 Å². The summed E-state index contributed by atoms with van der Waals surface area (Å²) in [6.07, 6.45) is 93.6. The van der Waals surface area contributed by atoms with Crippen molar-refractivity contribution in [1.82, 2.24) is 5.32 Å². The highest BCUT2D eigenvalue weighted by Gasteiger charge is 2.18. The number of allylic oxidation sites excluding steroid dienone is 7. The van der Waals surface area contributed by atoms with Gasteiger partial charge in [0.2, 0.25) is 5.91 Å². The van der Waals surface area contributed by atoms with Crippen LogP contribution in [-0.2, 0) is 14.3 Å². The van der Waals surface area contributed by atoms with E-state index in [1.807, 2.05) is 6.08 Å². The van der Waals surface area contributed by atoms with E-state index in [2.05, 4.69) is 55.6 Å². The number of amides is 1. The van der Waals surface area contributed by atoms with Gasteiger partial charge < -0.3 is 20.3 Å². The Kier molecular flexibility index (Phi) is 69.4. The molecule has 1 amide bonds. The van der Waals surface area contributed by atoms with Crippen LogP contribution in [0.5, 0.6) is 0 Å². The van der Waals surface area contributed by atoms with Gasteiger partial charge in [0.25, 0.3) is 0 Å². The van der Waals surface area contributed by atoms with E-state index in [1.165, 1.54) is 321 Å². The van der Waals surface area contributed by atoms with Crippen molar-refractivity contribution >= 4 is 11.9 Å². The molecule has 0 aliphatic rings. The Morgan fingerprint density at radius 1 is 0.341 bits per heavy atom. The van der Waals surface area contributed by atoms with E-state index in [9.17, 15) is 19.8 Å². The molecular formula is C76H143NO5. The van der Waals surface area contributed by atoms with E-state index in [4.69, 9.17) is 4.74 Å².